The highest BCUT2D eigenvalue weighted by Crippen LogP contribution is 2.17. The SMILES string of the molecule is O=c1c(Cc2cccnc2)nc2cccnc2n1-c1cccc(/C=C/c2cc[n+]([O-])cc2)c1. The molecule has 160 valence electrons. The number of fused-ring (bicyclic) bond motifs is 1. The Morgan fingerprint density at radius 1 is 0.939 bits per heavy atom. The van der Waals surface area contributed by atoms with Gasteiger partial charge in [0.15, 0.2) is 18.0 Å². The lowest BCUT2D eigenvalue weighted by Gasteiger charge is -2.12. The van der Waals surface area contributed by atoms with Crippen LogP contribution in [0.25, 0.3) is 29.0 Å². The van der Waals surface area contributed by atoms with Gasteiger partial charge in [-0.1, -0.05) is 30.4 Å². The second kappa shape index (κ2) is 8.84. The van der Waals surface area contributed by atoms with Crippen molar-refractivity contribution in [3.8, 4) is 5.69 Å². The largest absolute Gasteiger partial charge is 0.619 e. The molecule has 0 aliphatic carbocycles. The lowest BCUT2D eigenvalue weighted by Crippen LogP contribution is -2.25. The van der Waals surface area contributed by atoms with Crippen molar-refractivity contribution in [2.24, 2.45) is 0 Å². The van der Waals surface area contributed by atoms with Crippen LogP contribution < -0.4 is 10.3 Å². The molecule has 1 aromatic carbocycles. The third-order valence-electron chi connectivity index (χ3n) is 5.20. The molecule has 0 amide bonds. The quantitative estimate of drug-likeness (QED) is 0.312. The molecule has 0 N–H and O–H groups in total. The molecule has 4 heterocycles. The zero-order valence-electron chi connectivity index (χ0n) is 17.6. The number of rotatable bonds is 5. The zero-order chi connectivity index (χ0) is 22.6. The van der Waals surface area contributed by atoms with Gasteiger partial charge in [-0.25, -0.2) is 9.97 Å². The third kappa shape index (κ3) is 4.38. The molecule has 7 heteroatoms. The average Bonchev–Trinajstić information content (AvgIpc) is 2.85. The first-order valence-electron chi connectivity index (χ1n) is 10.4. The molecular formula is C26H19N5O2. The summed E-state index contributed by atoms with van der Waals surface area (Å²) in [5.74, 6) is 0. The van der Waals surface area contributed by atoms with Gasteiger partial charge in [-0.3, -0.25) is 14.3 Å². The van der Waals surface area contributed by atoms with Crippen LogP contribution >= 0.6 is 0 Å². The second-order valence-electron chi connectivity index (χ2n) is 7.50. The highest BCUT2D eigenvalue weighted by atomic mass is 16.5. The van der Waals surface area contributed by atoms with E-state index in [9.17, 15) is 10.0 Å². The standard InChI is InChI=1S/C26H19N5O2/c32-26-24(17-21-5-2-12-27-18-21)29-23-7-3-13-28-25(23)31(26)22-6-1-4-20(16-22)9-8-19-10-14-30(33)15-11-19/h1-16,18H,17H2/b9-8+. The lowest BCUT2D eigenvalue weighted by molar-refractivity contribution is -0.605. The van der Waals surface area contributed by atoms with Crippen LogP contribution in [0.1, 0.15) is 22.4 Å². The van der Waals surface area contributed by atoms with Gasteiger partial charge in [-0.2, -0.15) is 4.73 Å². The summed E-state index contributed by atoms with van der Waals surface area (Å²) in [7, 11) is 0. The van der Waals surface area contributed by atoms with Gasteiger partial charge in [-0.05, 0) is 47.0 Å². The molecule has 0 saturated carbocycles. The molecule has 7 nitrogen and oxygen atoms in total. The molecule has 0 unspecified atom stereocenters. The third-order valence-corrected chi connectivity index (χ3v) is 5.20. The van der Waals surface area contributed by atoms with E-state index in [1.54, 1.807) is 35.3 Å². The Kier molecular flexibility index (Phi) is 5.43. The Labute approximate surface area is 189 Å². The fourth-order valence-electron chi connectivity index (χ4n) is 3.61. The smallest absolute Gasteiger partial charge is 0.278 e. The average molecular weight is 433 g/mol. The highest BCUT2D eigenvalue weighted by Gasteiger charge is 2.14. The Balaban J connectivity index is 1.59. The minimum absolute atomic E-state index is 0.214. The van der Waals surface area contributed by atoms with Gasteiger partial charge in [0.1, 0.15) is 11.2 Å². The monoisotopic (exact) mass is 433 g/mol. The van der Waals surface area contributed by atoms with Crippen molar-refractivity contribution < 1.29 is 4.73 Å². The van der Waals surface area contributed by atoms with Crippen LogP contribution in [0.5, 0.6) is 0 Å². The molecule has 33 heavy (non-hydrogen) atoms. The van der Waals surface area contributed by atoms with Crippen LogP contribution in [0, 0.1) is 5.21 Å². The molecule has 0 aliphatic heterocycles. The summed E-state index contributed by atoms with van der Waals surface area (Å²) < 4.78 is 2.35. The van der Waals surface area contributed by atoms with Crippen molar-refractivity contribution in [1.29, 1.82) is 0 Å². The number of benzene rings is 1. The van der Waals surface area contributed by atoms with Gasteiger partial charge in [0.25, 0.3) is 5.56 Å². The number of pyridine rings is 3. The Morgan fingerprint density at radius 3 is 2.58 bits per heavy atom. The maximum absolute atomic E-state index is 13.5. The minimum atomic E-state index is -0.214. The van der Waals surface area contributed by atoms with Crippen LogP contribution in [-0.4, -0.2) is 19.5 Å². The Hall–Kier alpha value is -4.65. The predicted octanol–water partition coefficient (Wildman–Crippen LogP) is 3.57. The molecule has 5 rings (SSSR count). The van der Waals surface area contributed by atoms with E-state index in [1.807, 2.05) is 60.7 Å². The summed E-state index contributed by atoms with van der Waals surface area (Å²) in [6, 6.07) is 18.6. The molecule has 0 spiro atoms. The fourth-order valence-corrected chi connectivity index (χ4v) is 3.61. The van der Waals surface area contributed by atoms with Gasteiger partial charge in [0, 0.05) is 37.1 Å². The first-order chi connectivity index (χ1) is 16.2. The number of aromatic nitrogens is 5. The molecule has 0 bridgehead atoms. The zero-order valence-corrected chi connectivity index (χ0v) is 17.6. The highest BCUT2D eigenvalue weighted by molar-refractivity contribution is 5.74. The maximum atomic E-state index is 13.5. The summed E-state index contributed by atoms with van der Waals surface area (Å²) in [6.07, 6.45) is 12.2. The summed E-state index contributed by atoms with van der Waals surface area (Å²) in [5, 5.41) is 11.2. The van der Waals surface area contributed by atoms with Crippen molar-refractivity contribution >= 4 is 23.3 Å². The molecule has 0 fully saturated rings. The van der Waals surface area contributed by atoms with Gasteiger partial charge in [-0.15, -0.1) is 0 Å². The Bertz CT molecular complexity index is 1510. The van der Waals surface area contributed by atoms with E-state index >= 15 is 0 Å². The van der Waals surface area contributed by atoms with Crippen molar-refractivity contribution in [2.75, 3.05) is 0 Å². The normalized spacial score (nSPS) is 11.3. The van der Waals surface area contributed by atoms with Crippen molar-refractivity contribution in [1.82, 2.24) is 19.5 Å². The molecule has 0 saturated heterocycles. The molecular weight excluding hydrogens is 414 g/mol. The second-order valence-corrected chi connectivity index (χ2v) is 7.50. The predicted molar refractivity (Wildman–Crippen MR) is 127 cm³/mol. The summed E-state index contributed by atoms with van der Waals surface area (Å²) in [6.45, 7) is 0. The molecule has 5 aromatic rings. The summed E-state index contributed by atoms with van der Waals surface area (Å²) >= 11 is 0. The Morgan fingerprint density at radius 2 is 1.76 bits per heavy atom. The summed E-state index contributed by atoms with van der Waals surface area (Å²) in [5.41, 5.74) is 4.79. The van der Waals surface area contributed by atoms with E-state index in [2.05, 4.69) is 15.0 Å². The van der Waals surface area contributed by atoms with E-state index in [4.69, 9.17) is 0 Å². The number of nitrogens with zero attached hydrogens (tertiary/aromatic N) is 5. The lowest BCUT2D eigenvalue weighted by atomic mass is 10.1. The molecule has 4 aromatic heterocycles. The topological polar surface area (TPSA) is 87.6 Å². The van der Waals surface area contributed by atoms with E-state index in [0.29, 0.717) is 29.0 Å². The van der Waals surface area contributed by atoms with E-state index in [-0.39, 0.29) is 5.56 Å². The first-order valence-corrected chi connectivity index (χ1v) is 10.4. The van der Waals surface area contributed by atoms with Gasteiger partial charge >= 0.3 is 0 Å². The van der Waals surface area contributed by atoms with Gasteiger partial charge in [0.2, 0.25) is 0 Å². The molecule has 0 radical (unpaired) electrons. The minimum Gasteiger partial charge on any atom is -0.619 e. The van der Waals surface area contributed by atoms with E-state index in [0.717, 1.165) is 21.4 Å². The summed E-state index contributed by atoms with van der Waals surface area (Å²) in [4.78, 5) is 26.7. The van der Waals surface area contributed by atoms with Crippen LogP contribution in [-0.2, 0) is 6.42 Å². The van der Waals surface area contributed by atoms with Crippen LogP contribution in [0.3, 0.4) is 0 Å². The number of hydrogen-bond acceptors (Lipinski definition) is 5. The number of hydrogen-bond donors (Lipinski definition) is 0. The molecule has 0 aliphatic rings. The van der Waals surface area contributed by atoms with E-state index in [1.165, 1.54) is 12.4 Å². The van der Waals surface area contributed by atoms with Crippen LogP contribution in [0.4, 0.5) is 0 Å². The van der Waals surface area contributed by atoms with Crippen molar-refractivity contribution in [3.05, 3.63) is 130 Å². The van der Waals surface area contributed by atoms with Crippen LogP contribution in [0.2, 0.25) is 0 Å². The van der Waals surface area contributed by atoms with Gasteiger partial charge < -0.3 is 5.21 Å². The first kappa shape index (κ1) is 20.3. The maximum Gasteiger partial charge on any atom is 0.278 e. The van der Waals surface area contributed by atoms with E-state index < -0.39 is 0 Å². The van der Waals surface area contributed by atoms with Gasteiger partial charge in [0.05, 0.1) is 5.69 Å². The van der Waals surface area contributed by atoms with Crippen molar-refractivity contribution in [3.63, 3.8) is 0 Å². The van der Waals surface area contributed by atoms with Crippen LogP contribution in [0.15, 0.2) is 96.4 Å². The van der Waals surface area contributed by atoms with Crippen molar-refractivity contribution in [2.45, 2.75) is 6.42 Å². The fraction of sp³-hybridized carbons (Fsp3) is 0.0385. The molecule has 0 atom stereocenters.